The van der Waals surface area contributed by atoms with E-state index in [1.54, 1.807) is 0 Å². The van der Waals surface area contributed by atoms with Crippen molar-refractivity contribution in [1.82, 2.24) is 0 Å². The van der Waals surface area contributed by atoms with Crippen molar-refractivity contribution in [2.45, 2.75) is 112 Å². The van der Waals surface area contributed by atoms with Gasteiger partial charge in [-0.2, -0.15) is 0 Å². The lowest BCUT2D eigenvalue weighted by Crippen LogP contribution is -2.53. The number of hydrogen-bond donors (Lipinski definition) is 1. The summed E-state index contributed by atoms with van der Waals surface area (Å²) in [6, 6.07) is 0. The lowest BCUT2D eigenvalue weighted by atomic mass is 9.46. The molecule has 3 saturated carbocycles. The van der Waals surface area contributed by atoms with Gasteiger partial charge < -0.3 is 5.11 Å². The molecular weight excluding hydrogens is 380 g/mol. The highest BCUT2D eigenvalue weighted by Gasteiger charge is 2.61. The highest BCUT2D eigenvalue weighted by molar-refractivity contribution is 5.94. The van der Waals surface area contributed by atoms with Gasteiger partial charge in [-0.05, 0) is 104 Å². The molecule has 2 heteroatoms. The van der Waals surface area contributed by atoms with E-state index in [0.29, 0.717) is 23.0 Å². The van der Waals surface area contributed by atoms with E-state index in [1.165, 1.54) is 50.5 Å². The standard InChI is InChI=1S/C29H48O2/c1-7-20(18(2)3)9-8-19(4)23-10-11-24-27-25(13-15-29(23,24)6)28(5)14-12-22(30)16-21(28)17-26(27)31/h17-20,22-25,27,30H,7-16H2,1-6H3/t19-,20-,22+,23-,24+,25+,27-,28-,29-/m1/s1. The molecule has 9 atom stereocenters. The van der Waals surface area contributed by atoms with Crippen LogP contribution < -0.4 is 0 Å². The second-order valence-corrected chi connectivity index (χ2v) is 12.8. The van der Waals surface area contributed by atoms with E-state index in [0.717, 1.165) is 42.9 Å². The number of ketones is 1. The van der Waals surface area contributed by atoms with E-state index in [2.05, 4.69) is 41.5 Å². The summed E-state index contributed by atoms with van der Waals surface area (Å²) in [6.07, 6.45) is 13.5. The Hall–Kier alpha value is -0.630. The van der Waals surface area contributed by atoms with Crippen LogP contribution in [0.5, 0.6) is 0 Å². The minimum Gasteiger partial charge on any atom is -0.393 e. The topological polar surface area (TPSA) is 37.3 Å². The van der Waals surface area contributed by atoms with E-state index in [1.807, 2.05) is 6.08 Å². The molecule has 0 aliphatic heterocycles. The summed E-state index contributed by atoms with van der Waals surface area (Å²) in [4.78, 5) is 13.5. The van der Waals surface area contributed by atoms with Crippen LogP contribution >= 0.6 is 0 Å². The van der Waals surface area contributed by atoms with Gasteiger partial charge in [0.25, 0.3) is 0 Å². The van der Waals surface area contributed by atoms with Gasteiger partial charge >= 0.3 is 0 Å². The number of hydrogen-bond acceptors (Lipinski definition) is 2. The maximum Gasteiger partial charge on any atom is 0.159 e. The molecule has 4 aliphatic rings. The third-order valence-corrected chi connectivity index (χ3v) is 11.1. The van der Waals surface area contributed by atoms with Gasteiger partial charge in [0.15, 0.2) is 5.78 Å². The van der Waals surface area contributed by atoms with E-state index in [4.69, 9.17) is 0 Å². The van der Waals surface area contributed by atoms with E-state index in [9.17, 15) is 9.90 Å². The minimum absolute atomic E-state index is 0.147. The van der Waals surface area contributed by atoms with Gasteiger partial charge in [0, 0.05) is 5.92 Å². The number of aliphatic hydroxyl groups excluding tert-OH is 1. The van der Waals surface area contributed by atoms with Gasteiger partial charge in [-0.25, -0.2) is 0 Å². The van der Waals surface area contributed by atoms with Crippen LogP contribution in [-0.4, -0.2) is 17.0 Å². The van der Waals surface area contributed by atoms with Crippen LogP contribution in [0.25, 0.3) is 0 Å². The van der Waals surface area contributed by atoms with Gasteiger partial charge in [-0.3, -0.25) is 4.79 Å². The monoisotopic (exact) mass is 428 g/mol. The average molecular weight is 429 g/mol. The molecule has 0 aromatic heterocycles. The van der Waals surface area contributed by atoms with Crippen molar-refractivity contribution >= 4 is 5.78 Å². The first-order valence-corrected chi connectivity index (χ1v) is 13.5. The van der Waals surface area contributed by atoms with Crippen molar-refractivity contribution < 1.29 is 9.90 Å². The van der Waals surface area contributed by atoms with Gasteiger partial charge in [-0.15, -0.1) is 0 Å². The molecule has 4 rings (SSSR count). The molecule has 0 spiro atoms. The Kier molecular flexibility index (Phi) is 6.54. The molecule has 0 heterocycles. The fourth-order valence-electron chi connectivity index (χ4n) is 9.04. The zero-order valence-electron chi connectivity index (χ0n) is 21.1. The first-order chi connectivity index (χ1) is 14.6. The van der Waals surface area contributed by atoms with E-state index >= 15 is 0 Å². The number of rotatable bonds is 6. The van der Waals surface area contributed by atoms with Gasteiger partial charge in [0.1, 0.15) is 0 Å². The summed E-state index contributed by atoms with van der Waals surface area (Å²) in [5, 5.41) is 10.2. The molecule has 176 valence electrons. The smallest absolute Gasteiger partial charge is 0.159 e. The minimum atomic E-state index is -0.243. The van der Waals surface area contributed by atoms with Gasteiger partial charge in [-0.1, -0.05) is 60.0 Å². The summed E-state index contributed by atoms with van der Waals surface area (Å²) in [6.45, 7) is 14.6. The largest absolute Gasteiger partial charge is 0.393 e. The number of fused-ring (bicyclic) bond motifs is 5. The molecule has 0 amide bonds. The molecule has 0 saturated heterocycles. The number of carbonyl (C=O) groups excluding carboxylic acids is 1. The first kappa shape index (κ1) is 23.5. The van der Waals surface area contributed by atoms with Crippen LogP contribution in [0.4, 0.5) is 0 Å². The Balaban J connectivity index is 1.52. The predicted molar refractivity (Wildman–Crippen MR) is 129 cm³/mol. The predicted octanol–water partition coefficient (Wildman–Crippen LogP) is 7.20. The molecule has 0 unspecified atom stereocenters. The summed E-state index contributed by atoms with van der Waals surface area (Å²) >= 11 is 0. The zero-order chi connectivity index (χ0) is 22.6. The Bertz CT molecular complexity index is 708. The Morgan fingerprint density at radius 2 is 1.77 bits per heavy atom. The summed E-state index contributed by atoms with van der Waals surface area (Å²) in [5.41, 5.74) is 1.75. The van der Waals surface area contributed by atoms with Gasteiger partial charge in [0.05, 0.1) is 6.10 Å². The number of aliphatic hydroxyl groups is 1. The molecule has 0 aromatic rings. The highest BCUT2D eigenvalue weighted by atomic mass is 16.3. The number of carbonyl (C=O) groups is 1. The van der Waals surface area contributed by atoms with Crippen molar-refractivity contribution in [2.24, 2.45) is 52.3 Å². The van der Waals surface area contributed by atoms with Crippen molar-refractivity contribution in [3.8, 4) is 0 Å². The van der Waals surface area contributed by atoms with Crippen LogP contribution in [0.1, 0.15) is 106 Å². The quantitative estimate of drug-likeness (QED) is 0.485. The molecule has 0 aromatic carbocycles. The molecule has 4 aliphatic carbocycles. The van der Waals surface area contributed by atoms with Crippen LogP contribution in [0.3, 0.4) is 0 Å². The molecular formula is C29H48O2. The summed E-state index contributed by atoms with van der Waals surface area (Å²) in [7, 11) is 0. The maximum atomic E-state index is 13.5. The molecule has 3 fully saturated rings. The molecule has 1 N–H and O–H groups in total. The van der Waals surface area contributed by atoms with Gasteiger partial charge in [0.2, 0.25) is 0 Å². The Morgan fingerprint density at radius 1 is 1.03 bits per heavy atom. The fourth-order valence-corrected chi connectivity index (χ4v) is 9.04. The molecule has 0 bridgehead atoms. The summed E-state index contributed by atoms with van der Waals surface area (Å²) in [5.74, 6) is 4.90. The molecule has 31 heavy (non-hydrogen) atoms. The van der Waals surface area contributed by atoms with Crippen molar-refractivity contribution in [2.75, 3.05) is 0 Å². The van der Waals surface area contributed by atoms with Crippen molar-refractivity contribution in [1.29, 1.82) is 0 Å². The van der Waals surface area contributed by atoms with E-state index in [-0.39, 0.29) is 17.4 Å². The van der Waals surface area contributed by atoms with Crippen LogP contribution in [0, 0.1) is 52.3 Å². The fraction of sp³-hybridized carbons (Fsp3) is 0.897. The van der Waals surface area contributed by atoms with E-state index < -0.39 is 0 Å². The third kappa shape index (κ3) is 3.87. The van der Waals surface area contributed by atoms with Crippen molar-refractivity contribution in [3.05, 3.63) is 11.6 Å². The molecule has 0 radical (unpaired) electrons. The van der Waals surface area contributed by atoms with Crippen LogP contribution in [-0.2, 0) is 4.79 Å². The average Bonchev–Trinajstić information content (AvgIpc) is 3.06. The van der Waals surface area contributed by atoms with Crippen molar-refractivity contribution in [3.63, 3.8) is 0 Å². The Labute approximate surface area is 191 Å². The second-order valence-electron chi connectivity index (χ2n) is 12.8. The normalized spacial score (nSPS) is 44.3. The Morgan fingerprint density at radius 3 is 2.45 bits per heavy atom. The number of allylic oxidation sites excluding steroid dienone is 1. The lowest BCUT2D eigenvalue weighted by Gasteiger charge is -2.57. The lowest BCUT2D eigenvalue weighted by molar-refractivity contribution is -0.135. The zero-order valence-corrected chi connectivity index (χ0v) is 21.1. The van der Waals surface area contributed by atoms with Crippen LogP contribution in [0.2, 0.25) is 0 Å². The second kappa shape index (κ2) is 8.62. The first-order valence-electron chi connectivity index (χ1n) is 13.5. The molecule has 2 nitrogen and oxygen atoms in total. The summed E-state index contributed by atoms with van der Waals surface area (Å²) < 4.78 is 0. The SMILES string of the molecule is CC[C@H](CC[C@@H](C)[C@H]1CC[C@H]2[C@H]3C(=O)C=C4C[C@@H](O)CC[C@@]4(C)[C@H]3CC[C@]12C)C(C)C. The van der Waals surface area contributed by atoms with Crippen LogP contribution in [0.15, 0.2) is 11.6 Å². The third-order valence-electron chi connectivity index (χ3n) is 11.1. The highest BCUT2D eigenvalue weighted by Crippen LogP contribution is 2.66. The maximum absolute atomic E-state index is 13.5.